The summed E-state index contributed by atoms with van der Waals surface area (Å²) >= 11 is 0. The van der Waals surface area contributed by atoms with E-state index in [2.05, 4.69) is 145 Å². The van der Waals surface area contributed by atoms with Gasteiger partial charge < -0.3 is 0 Å². The third kappa shape index (κ3) is 4.58. The van der Waals surface area contributed by atoms with E-state index in [0.717, 1.165) is 28.5 Å². The number of imidazole rings is 1. The number of hydrogen-bond donors (Lipinski definition) is 0. The van der Waals surface area contributed by atoms with Crippen molar-refractivity contribution >= 4 is 33.7 Å². The van der Waals surface area contributed by atoms with Gasteiger partial charge in [0.1, 0.15) is 5.82 Å². The number of fused-ring (bicyclic) bond motifs is 2. The van der Waals surface area contributed by atoms with E-state index >= 15 is 0 Å². The molecular formula is C41H32N2. The molecule has 0 aliphatic heterocycles. The number of aromatic nitrogens is 2. The number of hydrogen-bond acceptors (Lipinski definition) is 1. The Morgan fingerprint density at radius 1 is 0.605 bits per heavy atom. The molecule has 1 aromatic heterocycles. The van der Waals surface area contributed by atoms with Gasteiger partial charge in [-0.05, 0) is 81.9 Å². The third-order valence-corrected chi connectivity index (χ3v) is 8.14. The highest BCUT2D eigenvalue weighted by molar-refractivity contribution is 6.21. The van der Waals surface area contributed by atoms with Gasteiger partial charge >= 0.3 is 0 Å². The van der Waals surface area contributed by atoms with E-state index in [1.54, 1.807) is 0 Å². The summed E-state index contributed by atoms with van der Waals surface area (Å²) in [5.41, 5.74) is 10.2. The van der Waals surface area contributed by atoms with Crippen molar-refractivity contribution in [1.29, 1.82) is 0 Å². The molecule has 206 valence electrons. The lowest BCUT2D eigenvalue weighted by atomic mass is 9.85. The van der Waals surface area contributed by atoms with E-state index in [1.807, 2.05) is 25.1 Å². The first kappa shape index (κ1) is 26.4. The summed E-state index contributed by atoms with van der Waals surface area (Å²) in [6.07, 6.45) is 5.98. The van der Waals surface area contributed by atoms with Gasteiger partial charge in [-0.15, -0.1) is 0 Å². The van der Waals surface area contributed by atoms with Crippen LogP contribution in [0.4, 0.5) is 0 Å². The molecule has 0 N–H and O–H groups in total. The van der Waals surface area contributed by atoms with Crippen LogP contribution in [0.1, 0.15) is 23.9 Å². The molecule has 0 saturated heterocycles. The second-order valence-electron chi connectivity index (χ2n) is 10.9. The molecule has 0 fully saturated rings. The summed E-state index contributed by atoms with van der Waals surface area (Å²) in [4.78, 5) is 5.04. The van der Waals surface area contributed by atoms with Crippen LogP contribution < -0.4 is 0 Å². The van der Waals surface area contributed by atoms with Crippen molar-refractivity contribution in [2.24, 2.45) is 0 Å². The molecule has 0 bridgehead atoms. The highest BCUT2D eigenvalue weighted by Gasteiger charge is 2.19. The van der Waals surface area contributed by atoms with Crippen molar-refractivity contribution in [2.45, 2.75) is 13.8 Å². The topological polar surface area (TPSA) is 17.8 Å². The number of aryl methyl sites for hydroxylation is 1. The van der Waals surface area contributed by atoms with Gasteiger partial charge in [0.05, 0.1) is 11.4 Å². The first-order chi connectivity index (χ1) is 21.2. The minimum atomic E-state index is 0.866. The molecule has 7 rings (SSSR count). The summed E-state index contributed by atoms with van der Waals surface area (Å²) in [5.74, 6) is 0.894. The summed E-state index contributed by atoms with van der Waals surface area (Å²) < 4.78 is 2.22. The number of rotatable bonds is 6. The Hall–Kier alpha value is -5.47. The standard InChI is InChI=1S/C41H32N2/c1-4-14-38-37(5-2)42-41(43(38)32-17-7-6-8-18-32)30-25-23-29(24-26-30)39-33-19-9-11-21-35(33)40(31-16-13-15-28(3)27-31)36-22-12-10-20-34(36)39/h4-27H,2H2,1,3H3/b14-4-. The molecule has 1 heterocycles. The maximum absolute atomic E-state index is 5.04. The van der Waals surface area contributed by atoms with Crippen LogP contribution in [-0.2, 0) is 0 Å². The molecule has 7 aromatic rings. The summed E-state index contributed by atoms with van der Waals surface area (Å²) in [5, 5.41) is 5.02. The predicted octanol–water partition coefficient (Wildman–Crippen LogP) is 11.2. The first-order valence-electron chi connectivity index (χ1n) is 14.7. The van der Waals surface area contributed by atoms with E-state index in [9.17, 15) is 0 Å². The fraction of sp³-hybridized carbons (Fsp3) is 0.0488. The Kier molecular flexibility index (Phi) is 6.81. The van der Waals surface area contributed by atoms with Crippen molar-refractivity contribution in [3.8, 4) is 39.3 Å². The molecule has 0 atom stereocenters. The second kappa shape index (κ2) is 11.1. The van der Waals surface area contributed by atoms with Crippen LogP contribution in [0.3, 0.4) is 0 Å². The zero-order valence-electron chi connectivity index (χ0n) is 24.5. The number of benzene rings is 6. The molecule has 0 unspecified atom stereocenters. The predicted molar refractivity (Wildman–Crippen MR) is 184 cm³/mol. The second-order valence-corrected chi connectivity index (χ2v) is 10.9. The quantitative estimate of drug-likeness (QED) is 0.188. The maximum atomic E-state index is 5.04. The van der Waals surface area contributed by atoms with Crippen LogP contribution in [0.15, 0.2) is 140 Å². The minimum absolute atomic E-state index is 0.866. The molecule has 0 radical (unpaired) electrons. The SMILES string of the molecule is C=Cc1nc(-c2ccc(-c3c4ccccc4c(-c4cccc(C)c4)c4ccccc34)cc2)n(-c2ccccc2)c1/C=C\C. The van der Waals surface area contributed by atoms with E-state index in [4.69, 9.17) is 4.98 Å². The number of para-hydroxylation sites is 1. The van der Waals surface area contributed by atoms with Gasteiger partial charge in [-0.25, -0.2) is 4.98 Å². The van der Waals surface area contributed by atoms with Gasteiger partial charge in [0.2, 0.25) is 0 Å². The molecule has 0 aliphatic carbocycles. The van der Waals surface area contributed by atoms with E-state index in [-0.39, 0.29) is 0 Å². The Bertz CT molecular complexity index is 2090. The molecule has 0 amide bonds. The van der Waals surface area contributed by atoms with Crippen molar-refractivity contribution in [1.82, 2.24) is 9.55 Å². The van der Waals surface area contributed by atoms with Gasteiger partial charge in [-0.1, -0.05) is 133 Å². The zero-order chi connectivity index (χ0) is 29.3. The van der Waals surface area contributed by atoms with Crippen molar-refractivity contribution in [2.75, 3.05) is 0 Å². The highest BCUT2D eigenvalue weighted by atomic mass is 15.1. The molecule has 0 aliphatic rings. The fourth-order valence-corrected chi connectivity index (χ4v) is 6.29. The Morgan fingerprint density at radius 2 is 1.16 bits per heavy atom. The fourth-order valence-electron chi connectivity index (χ4n) is 6.29. The average molecular weight is 553 g/mol. The Labute approximate surface area is 252 Å². The van der Waals surface area contributed by atoms with E-state index < -0.39 is 0 Å². The molecule has 43 heavy (non-hydrogen) atoms. The van der Waals surface area contributed by atoms with Crippen LogP contribution in [0, 0.1) is 6.92 Å². The normalized spacial score (nSPS) is 11.5. The minimum Gasteiger partial charge on any atom is -0.292 e. The Morgan fingerprint density at radius 3 is 1.72 bits per heavy atom. The maximum Gasteiger partial charge on any atom is 0.145 e. The average Bonchev–Trinajstić information content (AvgIpc) is 3.42. The third-order valence-electron chi connectivity index (χ3n) is 8.14. The zero-order valence-corrected chi connectivity index (χ0v) is 24.5. The molecule has 6 aromatic carbocycles. The van der Waals surface area contributed by atoms with Gasteiger partial charge in [0, 0.05) is 11.3 Å². The van der Waals surface area contributed by atoms with Gasteiger partial charge in [-0.3, -0.25) is 4.57 Å². The number of nitrogens with zero attached hydrogens (tertiary/aromatic N) is 2. The van der Waals surface area contributed by atoms with Gasteiger partial charge in [-0.2, -0.15) is 0 Å². The lowest BCUT2D eigenvalue weighted by Crippen LogP contribution is -2.00. The van der Waals surface area contributed by atoms with E-state index in [0.29, 0.717) is 0 Å². The summed E-state index contributed by atoms with van der Waals surface area (Å²) in [6, 6.07) is 45.7. The van der Waals surface area contributed by atoms with Crippen LogP contribution in [-0.4, -0.2) is 9.55 Å². The lowest BCUT2D eigenvalue weighted by Gasteiger charge is -2.18. The molecule has 2 heteroatoms. The van der Waals surface area contributed by atoms with Crippen molar-refractivity contribution < 1.29 is 0 Å². The first-order valence-corrected chi connectivity index (χ1v) is 14.7. The monoisotopic (exact) mass is 552 g/mol. The van der Waals surface area contributed by atoms with E-state index in [1.165, 1.54) is 49.4 Å². The lowest BCUT2D eigenvalue weighted by molar-refractivity contribution is 1.05. The van der Waals surface area contributed by atoms with Gasteiger partial charge in [0.25, 0.3) is 0 Å². The summed E-state index contributed by atoms with van der Waals surface area (Å²) in [6.45, 7) is 8.24. The molecule has 0 spiro atoms. The van der Waals surface area contributed by atoms with Crippen LogP contribution >= 0.6 is 0 Å². The van der Waals surface area contributed by atoms with Crippen LogP contribution in [0.25, 0.3) is 73.0 Å². The van der Waals surface area contributed by atoms with Crippen LogP contribution in [0.2, 0.25) is 0 Å². The largest absolute Gasteiger partial charge is 0.292 e. The molecular weight excluding hydrogens is 520 g/mol. The highest BCUT2D eigenvalue weighted by Crippen LogP contribution is 2.44. The molecule has 2 nitrogen and oxygen atoms in total. The van der Waals surface area contributed by atoms with Crippen molar-refractivity contribution in [3.63, 3.8) is 0 Å². The number of allylic oxidation sites excluding steroid dienone is 1. The summed E-state index contributed by atoms with van der Waals surface area (Å²) in [7, 11) is 0. The molecule has 0 saturated carbocycles. The van der Waals surface area contributed by atoms with Gasteiger partial charge in [0.15, 0.2) is 0 Å². The van der Waals surface area contributed by atoms with Crippen LogP contribution in [0.5, 0.6) is 0 Å². The smallest absolute Gasteiger partial charge is 0.145 e. The Balaban J connectivity index is 1.44. The van der Waals surface area contributed by atoms with Crippen molar-refractivity contribution in [3.05, 3.63) is 157 Å².